The van der Waals surface area contributed by atoms with E-state index >= 15 is 0 Å². The third-order valence-corrected chi connectivity index (χ3v) is 2.43. The molecule has 0 saturated heterocycles. The van der Waals surface area contributed by atoms with Crippen molar-refractivity contribution in [1.82, 2.24) is 0 Å². The molecule has 0 saturated carbocycles. The van der Waals surface area contributed by atoms with Crippen LogP contribution in [-0.2, 0) is 14.3 Å². The second kappa shape index (κ2) is 8.10. The number of hydrogen-bond acceptors (Lipinski definition) is 3. The van der Waals surface area contributed by atoms with Crippen LogP contribution < -0.4 is 0 Å². The van der Waals surface area contributed by atoms with Gasteiger partial charge in [0.2, 0.25) is 0 Å². The molecule has 0 unspecified atom stereocenters. The maximum Gasteiger partial charge on any atom is 0.308 e. The normalized spacial score (nSPS) is 10.1. The van der Waals surface area contributed by atoms with Crippen LogP contribution in [0.2, 0.25) is 0 Å². The predicted molar refractivity (Wildman–Crippen MR) is 50.3 cm³/mol. The molecule has 0 bridgehead atoms. The Morgan fingerprint density at radius 3 is 2.42 bits per heavy atom. The molecule has 1 radical (unpaired) electrons. The molecular weight excluding hydrogens is 187 g/mol. The van der Waals surface area contributed by atoms with E-state index in [1.807, 2.05) is 6.92 Å². The average molecular weight is 201 g/mol. The van der Waals surface area contributed by atoms with Gasteiger partial charge in [0.1, 0.15) is 0 Å². The van der Waals surface area contributed by atoms with Crippen molar-refractivity contribution in [3.05, 3.63) is 12.8 Å². The van der Waals surface area contributed by atoms with Gasteiger partial charge in [-0.3, -0.25) is 0 Å². The molecule has 0 aliphatic rings. The van der Waals surface area contributed by atoms with Gasteiger partial charge in [-0.25, -0.2) is 0 Å². The summed E-state index contributed by atoms with van der Waals surface area (Å²) < 4.78 is 25.9. The smallest absolute Gasteiger partial charge is 0.308 e. The van der Waals surface area contributed by atoms with Gasteiger partial charge in [0.05, 0.1) is 12.0 Å². The van der Waals surface area contributed by atoms with E-state index in [1.54, 1.807) is 0 Å². The van der Waals surface area contributed by atoms with Gasteiger partial charge in [-0.05, 0) is 6.42 Å². The molecule has 0 heterocycles. The van der Waals surface area contributed by atoms with E-state index in [9.17, 15) is 8.42 Å². The van der Waals surface area contributed by atoms with E-state index in [1.165, 1.54) is 0 Å². The van der Waals surface area contributed by atoms with Crippen molar-refractivity contribution in [2.45, 2.75) is 26.2 Å². The Morgan fingerprint density at radius 1 is 1.42 bits per heavy atom. The van der Waals surface area contributed by atoms with E-state index in [2.05, 4.69) is 10.8 Å². The SMILES string of the molecule is C=COS(=O)(=O)CCCCC.[Na]. The molecule has 0 aromatic carbocycles. The molecule has 3 nitrogen and oxygen atoms in total. The van der Waals surface area contributed by atoms with E-state index in [4.69, 9.17) is 0 Å². The maximum atomic E-state index is 10.8. The van der Waals surface area contributed by atoms with Gasteiger partial charge >= 0.3 is 10.1 Å². The van der Waals surface area contributed by atoms with Gasteiger partial charge in [0, 0.05) is 29.6 Å². The zero-order chi connectivity index (χ0) is 8.74. The van der Waals surface area contributed by atoms with Gasteiger partial charge in [0.25, 0.3) is 0 Å². The largest absolute Gasteiger partial charge is 0.391 e. The van der Waals surface area contributed by atoms with Gasteiger partial charge < -0.3 is 4.18 Å². The van der Waals surface area contributed by atoms with Crippen LogP contribution in [0, 0.1) is 0 Å². The molecule has 0 aromatic rings. The Bertz CT molecular complexity index is 199. The fraction of sp³-hybridized carbons (Fsp3) is 0.714. The van der Waals surface area contributed by atoms with Gasteiger partial charge in [-0.15, -0.1) is 0 Å². The summed E-state index contributed by atoms with van der Waals surface area (Å²) in [5.74, 6) is 0.0901. The molecule has 0 fully saturated rings. The topological polar surface area (TPSA) is 43.4 Å². The van der Waals surface area contributed by atoms with E-state index in [0.717, 1.165) is 19.1 Å². The molecule has 5 heteroatoms. The van der Waals surface area contributed by atoms with Crippen LogP contribution in [0.25, 0.3) is 0 Å². The van der Waals surface area contributed by atoms with Crippen LogP contribution in [0.5, 0.6) is 0 Å². The zero-order valence-electron chi connectivity index (χ0n) is 7.75. The first-order valence-corrected chi connectivity index (χ1v) is 5.22. The van der Waals surface area contributed by atoms with Crippen LogP contribution in [-0.4, -0.2) is 43.7 Å². The summed E-state index contributed by atoms with van der Waals surface area (Å²) in [6.45, 7) is 5.19. The molecule has 0 N–H and O–H groups in total. The zero-order valence-corrected chi connectivity index (χ0v) is 10.6. The van der Waals surface area contributed by atoms with Crippen LogP contribution in [0.1, 0.15) is 26.2 Å². The van der Waals surface area contributed by atoms with Crippen LogP contribution in [0.3, 0.4) is 0 Å². The summed E-state index contributed by atoms with van der Waals surface area (Å²) in [7, 11) is -3.32. The minimum absolute atomic E-state index is 0. The number of hydrogen-bond donors (Lipinski definition) is 0. The molecule has 0 atom stereocenters. The molecule has 12 heavy (non-hydrogen) atoms. The average Bonchev–Trinajstić information content (AvgIpc) is 1.87. The van der Waals surface area contributed by atoms with Crippen molar-refractivity contribution in [2.75, 3.05) is 5.75 Å². The van der Waals surface area contributed by atoms with Crippen molar-refractivity contribution in [1.29, 1.82) is 0 Å². The second-order valence-electron chi connectivity index (χ2n) is 2.23. The second-order valence-corrected chi connectivity index (χ2v) is 3.95. The van der Waals surface area contributed by atoms with E-state index < -0.39 is 10.1 Å². The molecule has 0 aromatic heterocycles. The summed E-state index contributed by atoms with van der Waals surface area (Å²) in [6, 6.07) is 0. The molecular formula is C7H14NaO3S. The third-order valence-electron chi connectivity index (χ3n) is 1.21. The van der Waals surface area contributed by atoms with E-state index in [0.29, 0.717) is 6.42 Å². The van der Waals surface area contributed by atoms with Gasteiger partial charge in [-0.1, -0.05) is 26.3 Å². The molecule has 0 aliphatic heterocycles. The van der Waals surface area contributed by atoms with Gasteiger partial charge in [0.15, 0.2) is 0 Å². The Labute approximate surface area is 96.6 Å². The first-order valence-electron chi connectivity index (χ1n) is 3.64. The molecule has 0 amide bonds. The predicted octanol–water partition coefficient (Wildman–Crippen LogP) is 1.29. The monoisotopic (exact) mass is 201 g/mol. The Morgan fingerprint density at radius 2 is 2.00 bits per heavy atom. The van der Waals surface area contributed by atoms with Crippen molar-refractivity contribution in [2.24, 2.45) is 0 Å². The van der Waals surface area contributed by atoms with Crippen molar-refractivity contribution in [3.63, 3.8) is 0 Å². The summed E-state index contributed by atoms with van der Waals surface area (Å²) in [5.41, 5.74) is 0. The van der Waals surface area contributed by atoms with Crippen molar-refractivity contribution < 1.29 is 12.6 Å². The molecule has 0 aliphatic carbocycles. The van der Waals surface area contributed by atoms with Crippen molar-refractivity contribution >= 4 is 39.7 Å². The quantitative estimate of drug-likeness (QED) is 0.281. The minimum Gasteiger partial charge on any atom is -0.391 e. The van der Waals surface area contributed by atoms with Crippen molar-refractivity contribution in [3.8, 4) is 0 Å². The van der Waals surface area contributed by atoms with Crippen LogP contribution in [0.4, 0.5) is 0 Å². The molecule has 0 rings (SSSR count). The fourth-order valence-electron chi connectivity index (χ4n) is 0.681. The first kappa shape index (κ1) is 15.0. The number of unbranched alkanes of at least 4 members (excludes halogenated alkanes) is 2. The Balaban J connectivity index is 0. The summed E-state index contributed by atoms with van der Waals surface area (Å²) in [6.07, 6.45) is 3.53. The minimum atomic E-state index is -3.32. The van der Waals surface area contributed by atoms with Crippen LogP contribution >= 0.6 is 0 Å². The third kappa shape index (κ3) is 8.59. The maximum absolute atomic E-state index is 10.8. The summed E-state index contributed by atoms with van der Waals surface area (Å²) in [5, 5.41) is 0. The standard InChI is InChI=1S/C7H14O3S.Na/c1-3-5-6-7-11(8,9)10-4-2;/h4H,2-3,5-7H2,1H3;. The van der Waals surface area contributed by atoms with Crippen LogP contribution in [0.15, 0.2) is 12.8 Å². The summed E-state index contributed by atoms with van der Waals surface area (Å²) >= 11 is 0. The molecule has 67 valence electrons. The summed E-state index contributed by atoms with van der Waals surface area (Å²) in [4.78, 5) is 0. The Kier molecular flexibility index (Phi) is 10.1. The Hall–Kier alpha value is 0.490. The van der Waals surface area contributed by atoms with Gasteiger partial charge in [-0.2, -0.15) is 8.42 Å². The number of rotatable bonds is 6. The first-order chi connectivity index (χ1) is 5.12. The molecule has 0 spiro atoms. The van der Waals surface area contributed by atoms with E-state index in [-0.39, 0.29) is 35.3 Å². The fourth-order valence-corrected chi connectivity index (χ4v) is 1.54.